The number of rotatable bonds is 7. The molecule has 2 heterocycles. The summed E-state index contributed by atoms with van der Waals surface area (Å²) in [6.07, 6.45) is -0.0728. The van der Waals surface area contributed by atoms with Crippen LogP contribution in [0, 0.1) is 15.9 Å². The molecule has 1 aromatic heterocycles. The van der Waals surface area contributed by atoms with Crippen molar-refractivity contribution in [1.29, 1.82) is 0 Å². The van der Waals surface area contributed by atoms with Crippen LogP contribution in [0.1, 0.15) is 42.8 Å². The minimum atomic E-state index is -1.00. The van der Waals surface area contributed by atoms with Gasteiger partial charge in [0.2, 0.25) is 0 Å². The molecule has 3 aromatic rings. The number of carboxylic acid groups (broad SMARTS) is 1. The van der Waals surface area contributed by atoms with Crippen molar-refractivity contribution in [1.82, 2.24) is 14.8 Å². The van der Waals surface area contributed by atoms with Gasteiger partial charge in [-0.05, 0) is 30.4 Å². The minimum Gasteiger partial charge on any atom is -0.481 e. The molecule has 1 atom stereocenters. The zero-order chi connectivity index (χ0) is 22.8. The Morgan fingerprint density at radius 2 is 2.03 bits per heavy atom. The maximum absolute atomic E-state index is 14.8. The first kappa shape index (κ1) is 21.6. The fourth-order valence-corrected chi connectivity index (χ4v) is 4.25. The normalized spacial score (nSPS) is 14.8. The van der Waals surface area contributed by atoms with Gasteiger partial charge in [0.25, 0.3) is 5.69 Å². The van der Waals surface area contributed by atoms with Crippen molar-refractivity contribution >= 4 is 29.1 Å². The quantitative estimate of drug-likeness (QED) is 0.322. The van der Waals surface area contributed by atoms with E-state index in [4.69, 9.17) is 4.99 Å². The summed E-state index contributed by atoms with van der Waals surface area (Å²) in [6.45, 7) is 1.95. The van der Waals surface area contributed by atoms with Crippen molar-refractivity contribution in [2.45, 2.75) is 31.0 Å². The number of aliphatic carboxylic acids is 1. The first-order valence-electron chi connectivity index (χ1n) is 9.82. The fourth-order valence-electron chi connectivity index (χ4n) is 3.57. The van der Waals surface area contributed by atoms with E-state index in [1.165, 1.54) is 36.0 Å². The Morgan fingerprint density at radius 1 is 1.25 bits per heavy atom. The number of hydrogen-bond acceptors (Lipinski definition) is 7. The van der Waals surface area contributed by atoms with Crippen LogP contribution in [0.4, 0.5) is 10.1 Å². The van der Waals surface area contributed by atoms with Gasteiger partial charge in [-0.3, -0.25) is 24.5 Å². The summed E-state index contributed by atoms with van der Waals surface area (Å²) < 4.78 is 16.5. The summed E-state index contributed by atoms with van der Waals surface area (Å²) in [5, 5.41) is 29.7. The molecule has 32 heavy (non-hydrogen) atoms. The second-order valence-electron chi connectivity index (χ2n) is 6.97. The maximum Gasteiger partial charge on any atom is 0.303 e. The van der Waals surface area contributed by atoms with Gasteiger partial charge in [0.15, 0.2) is 11.0 Å². The third kappa shape index (κ3) is 3.98. The smallest absolute Gasteiger partial charge is 0.303 e. The van der Waals surface area contributed by atoms with Crippen LogP contribution in [0.25, 0.3) is 5.69 Å². The van der Waals surface area contributed by atoms with Gasteiger partial charge in [-0.2, -0.15) is 0 Å². The molecule has 0 aliphatic carbocycles. The van der Waals surface area contributed by atoms with Crippen molar-refractivity contribution in [3.05, 3.63) is 75.3 Å². The van der Waals surface area contributed by atoms with Gasteiger partial charge in [-0.25, -0.2) is 4.39 Å². The van der Waals surface area contributed by atoms with Crippen molar-refractivity contribution in [2.24, 2.45) is 4.99 Å². The van der Waals surface area contributed by atoms with Crippen molar-refractivity contribution in [2.75, 3.05) is 5.75 Å². The zero-order valence-corrected chi connectivity index (χ0v) is 17.8. The Morgan fingerprint density at radius 3 is 2.72 bits per heavy atom. The van der Waals surface area contributed by atoms with Gasteiger partial charge >= 0.3 is 5.97 Å². The number of carbonyl (C=O) groups is 1. The van der Waals surface area contributed by atoms with E-state index in [-0.39, 0.29) is 29.8 Å². The van der Waals surface area contributed by atoms with Crippen LogP contribution in [0.5, 0.6) is 0 Å². The predicted octanol–water partition coefficient (Wildman–Crippen LogP) is 4.18. The Kier molecular flexibility index (Phi) is 5.99. The molecule has 0 spiro atoms. The number of non-ortho nitro benzene ring substituents is 1. The average molecular weight is 455 g/mol. The molecule has 4 rings (SSSR count). The van der Waals surface area contributed by atoms with Crippen LogP contribution in [-0.4, -0.2) is 42.2 Å². The summed E-state index contributed by atoms with van der Waals surface area (Å²) in [7, 11) is 0. The number of aliphatic imine (C=N–C) groups is 1. The summed E-state index contributed by atoms with van der Waals surface area (Å²) in [5.41, 5.74) is 1.07. The monoisotopic (exact) mass is 455 g/mol. The van der Waals surface area contributed by atoms with Gasteiger partial charge in [0.1, 0.15) is 11.9 Å². The number of hydrogen-bond donors (Lipinski definition) is 1. The molecule has 0 saturated carbocycles. The number of thioether (sulfide) groups is 1. The molecular formula is C21H18FN5O4S. The lowest BCUT2D eigenvalue weighted by Gasteiger charge is -2.13. The first-order chi connectivity index (χ1) is 15.4. The zero-order valence-electron chi connectivity index (χ0n) is 16.9. The molecule has 11 heteroatoms. The van der Waals surface area contributed by atoms with Crippen LogP contribution in [0.2, 0.25) is 0 Å². The molecule has 0 unspecified atom stereocenters. The lowest BCUT2D eigenvalue weighted by Crippen LogP contribution is -2.10. The summed E-state index contributed by atoms with van der Waals surface area (Å²) in [5.74, 6) is -0.439. The van der Waals surface area contributed by atoms with Gasteiger partial charge in [0.05, 0.1) is 16.3 Å². The largest absolute Gasteiger partial charge is 0.481 e. The number of nitrogens with zero attached hydrogens (tertiary/aromatic N) is 5. The first-order valence-corrected chi connectivity index (χ1v) is 10.8. The van der Waals surface area contributed by atoms with E-state index < -0.39 is 22.8 Å². The number of benzene rings is 2. The fraction of sp³-hybridized carbons (Fsp3) is 0.238. The van der Waals surface area contributed by atoms with Gasteiger partial charge in [-0.1, -0.05) is 30.8 Å². The van der Waals surface area contributed by atoms with Gasteiger partial charge in [0, 0.05) is 29.7 Å². The topological polar surface area (TPSA) is 124 Å². The Balaban J connectivity index is 2.03. The third-order valence-electron chi connectivity index (χ3n) is 4.96. The number of nitro benzene ring substituents is 1. The Labute approximate surface area is 186 Å². The molecule has 0 fully saturated rings. The number of carboxylic acids is 1. The Bertz CT molecular complexity index is 1240. The lowest BCUT2D eigenvalue weighted by atomic mass is 9.99. The van der Waals surface area contributed by atoms with E-state index in [1.807, 2.05) is 6.92 Å². The second kappa shape index (κ2) is 8.87. The van der Waals surface area contributed by atoms with Crippen LogP contribution in [0.15, 0.2) is 52.6 Å². The average Bonchev–Trinajstić information content (AvgIpc) is 3.12. The third-order valence-corrected chi connectivity index (χ3v) is 5.77. The van der Waals surface area contributed by atoms with Crippen molar-refractivity contribution in [3.63, 3.8) is 0 Å². The molecule has 164 valence electrons. The lowest BCUT2D eigenvalue weighted by molar-refractivity contribution is -0.384. The highest BCUT2D eigenvalue weighted by Gasteiger charge is 2.31. The van der Waals surface area contributed by atoms with E-state index in [9.17, 15) is 24.4 Å². The number of nitro groups is 1. The molecule has 2 aromatic carbocycles. The van der Waals surface area contributed by atoms with E-state index in [0.29, 0.717) is 28.0 Å². The maximum atomic E-state index is 14.8. The van der Waals surface area contributed by atoms with Crippen LogP contribution < -0.4 is 0 Å². The molecular weight excluding hydrogens is 437 g/mol. The van der Waals surface area contributed by atoms with E-state index in [1.54, 1.807) is 22.8 Å². The molecule has 0 bridgehead atoms. The number of halogens is 1. The van der Waals surface area contributed by atoms with Crippen LogP contribution in [0.3, 0.4) is 0 Å². The summed E-state index contributed by atoms with van der Waals surface area (Å²) >= 11 is 1.42. The van der Waals surface area contributed by atoms with E-state index in [0.717, 1.165) is 0 Å². The van der Waals surface area contributed by atoms with Gasteiger partial charge in [-0.15, -0.1) is 10.2 Å². The van der Waals surface area contributed by atoms with Crippen LogP contribution >= 0.6 is 11.8 Å². The van der Waals surface area contributed by atoms with E-state index >= 15 is 0 Å². The molecule has 9 nitrogen and oxygen atoms in total. The molecule has 0 radical (unpaired) electrons. The molecule has 1 aliphatic heterocycles. The van der Waals surface area contributed by atoms with Crippen LogP contribution in [-0.2, 0) is 4.79 Å². The standard InChI is InChI=1S/C21H18FN5O4S/c1-2-32-21-25-24-20-16(8-10-18(28)29)23-19(13-5-3-4-6-15(13)22)14-11-12(27(30)31)7-9-17(14)26(20)21/h3-7,9,11,16H,2,8,10H2,1H3,(H,28,29)/t16-/m0/s1. The highest BCUT2D eigenvalue weighted by Crippen LogP contribution is 2.37. The highest BCUT2D eigenvalue weighted by molar-refractivity contribution is 7.99. The second-order valence-corrected chi connectivity index (χ2v) is 8.20. The number of aromatic nitrogens is 3. The van der Waals surface area contributed by atoms with Gasteiger partial charge < -0.3 is 5.11 Å². The SMILES string of the molecule is CCSc1nnc2n1-c1ccc([N+](=O)[O-])cc1C(c1ccccc1F)=N[C@H]2CCC(=O)O. The predicted molar refractivity (Wildman–Crippen MR) is 116 cm³/mol. The van der Waals surface area contributed by atoms with E-state index in [2.05, 4.69) is 10.2 Å². The molecule has 1 N–H and O–H groups in total. The molecule has 0 saturated heterocycles. The molecule has 1 aliphatic rings. The minimum absolute atomic E-state index is 0.109. The van der Waals surface area contributed by atoms with Crippen molar-refractivity contribution < 1.29 is 19.2 Å². The van der Waals surface area contributed by atoms with Crippen molar-refractivity contribution in [3.8, 4) is 5.69 Å². The summed E-state index contributed by atoms with van der Waals surface area (Å²) in [6, 6.07) is 9.56. The highest BCUT2D eigenvalue weighted by atomic mass is 32.2. The Hall–Kier alpha value is -3.60. The number of fused-ring (bicyclic) bond motifs is 3. The molecule has 0 amide bonds. The summed E-state index contributed by atoms with van der Waals surface area (Å²) in [4.78, 5) is 26.9.